The van der Waals surface area contributed by atoms with E-state index in [9.17, 15) is 14.7 Å². The summed E-state index contributed by atoms with van der Waals surface area (Å²) in [6.07, 6.45) is 6.32. The number of aliphatic hydroxyl groups is 1. The van der Waals surface area contributed by atoms with Gasteiger partial charge in [0.15, 0.2) is 0 Å². The van der Waals surface area contributed by atoms with E-state index in [2.05, 4.69) is 25.3 Å². The number of rotatable bonds is 15. The molecular formula is C23H32O5. The van der Waals surface area contributed by atoms with Gasteiger partial charge in [-0.2, -0.15) is 0 Å². The van der Waals surface area contributed by atoms with Crippen LogP contribution in [0.25, 0.3) is 0 Å². The number of aryl methyl sites for hydroxylation is 1. The van der Waals surface area contributed by atoms with E-state index in [0.717, 1.165) is 12.8 Å². The van der Waals surface area contributed by atoms with Crippen LogP contribution in [0.5, 0.6) is 0 Å². The van der Waals surface area contributed by atoms with Crippen molar-refractivity contribution in [1.29, 1.82) is 0 Å². The summed E-state index contributed by atoms with van der Waals surface area (Å²) in [6.45, 7) is 7.57. The molecule has 0 bridgehead atoms. The summed E-state index contributed by atoms with van der Waals surface area (Å²) in [5.74, 6) is -0.565. The van der Waals surface area contributed by atoms with Crippen molar-refractivity contribution in [3.05, 3.63) is 61.2 Å². The molecule has 0 saturated heterocycles. The molecule has 1 aromatic rings. The summed E-state index contributed by atoms with van der Waals surface area (Å²) in [6, 6.07) is 10.1. The number of esters is 2. The van der Waals surface area contributed by atoms with Crippen molar-refractivity contribution in [2.24, 2.45) is 0 Å². The topological polar surface area (TPSA) is 72.8 Å². The molecule has 2 atom stereocenters. The van der Waals surface area contributed by atoms with Gasteiger partial charge in [0.1, 0.15) is 6.10 Å². The highest BCUT2D eigenvalue weighted by molar-refractivity contribution is 5.70. The van der Waals surface area contributed by atoms with Gasteiger partial charge in [-0.05, 0) is 44.1 Å². The Kier molecular flexibility index (Phi) is 12.4. The van der Waals surface area contributed by atoms with Crippen LogP contribution in [0.3, 0.4) is 0 Å². The maximum Gasteiger partial charge on any atom is 0.306 e. The first-order chi connectivity index (χ1) is 13.5. The second-order valence-electron chi connectivity index (χ2n) is 6.66. The summed E-state index contributed by atoms with van der Waals surface area (Å²) in [5.41, 5.74) is 1.23. The lowest BCUT2D eigenvalue weighted by Gasteiger charge is -2.14. The van der Waals surface area contributed by atoms with Gasteiger partial charge in [-0.15, -0.1) is 6.58 Å². The molecule has 5 heteroatoms. The van der Waals surface area contributed by atoms with Crippen molar-refractivity contribution in [2.45, 2.75) is 63.6 Å². The Bertz CT molecular complexity index is 596. The highest BCUT2D eigenvalue weighted by Gasteiger charge is 2.13. The van der Waals surface area contributed by atoms with Crippen molar-refractivity contribution in [1.82, 2.24) is 0 Å². The van der Waals surface area contributed by atoms with Crippen molar-refractivity contribution in [2.75, 3.05) is 6.61 Å². The summed E-state index contributed by atoms with van der Waals surface area (Å²) in [7, 11) is 0. The molecule has 28 heavy (non-hydrogen) atoms. The molecule has 154 valence electrons. The molecule has 0 aromatic heterocycles. The van der Waals surface area contributed by atoms with Gasteiger partial charge in [-0.1, -0.05) is 49.1 Å². The monoisotopic (exact) mass is 388 g/mol. The molecule has 0 spiro atoms. The molecule has 5 nitrogen and oxygen atoms in total. The molecule has 0 aliphatic rings. The minimum atomic E-state index is -0.596. The minimum absolute atomic E-state index is 0.235. The Morgan fingerprint density at radius 3 is 2.32 bits per heavy atom. The summed E-state index contributed by atoms with van der Waals surface area (Å²) in [5, 5.41) is 9.37. The van der Waals surface area contributed by atoms with Crippen LogP contribution in [0, 0.1) is 0 Å². The quantitative estimate of drug-likeness (QED) is 0.278. The summed E-state index contributed by atoms with van der Waals surface area (Å²) in [4.78, 5) is 23.6. The van der Waals surface area contributed by atoms with Crippen LogP contribution in [-0.4, -0.2) is 35.9 Å². The average Bonchev–Trinajstić information content (AvgIpc) is 2.71. The Morgan fingerprint density at radius 2 is 1.64 bits per heavy atom. The van der Waals surface area contributed by atoms with Crippen LogP contribution in [-0.2, 0) is 25.5 Å². The van der Waals surface area contributed by atoms with Gasteiger partial charge in [0, 0.05) is 12.8 Å². The Hall–Kier alpha value is -2.40. The first-order valence-corrected chi connectivity index (χ1v) is 9.87. The van der Waals surface area contributed by atoms with E-state index >= 15 is 0 Å². The van der Waals surface area contributed by atoms with Crippen molar-refractivity contribution in [3.63, 3.8) is 0 Å². The smallest absolute Gasteiger partial charge is 0.306 e. The molecule has 2 unspecified atom stereocenters. The second-order valence-corrected chi connectivity index (χ2v) is 6.66. The fourth-order valence-corrected chi connectivity index (χ4v) is 2.65. The van der Waals surface area contributed by atoms with Crippen molar-refractivity contribution < 1.29 is 24.2 Å². The highest BCUT2D eigenvalue weighted by atomic mass is 16.5. The minimum Gasteiger partial charge on any atom is -0.466 e. The highest BCUT2D eigenvalue weighted by Crippen LogP contribution is 2.11. The van der Waals surface area contributed by atoms with Crippen LogP contribution in [0.2, 0.25) is 0 Å². The fourth-order valence-electron chi connectivity index (χ4n) is 2.65. The zero-order valence-electron chi connectivity index (χ0n) is 16.6. The van der Waals surface area contributed by atoms with E-state index in [1.807, 2.05) is 18.2 Å². The molecule has 0 aliphatic carbocycles. The van der Waals surface area contributed by atoms with Gasteiger partial charge in [0.05, 0.1) is 12.7 Å². The predicted molar refractivity (Wildman–Crippen MR) is 110 cm³/mol. The average molecular weight is 389 g/mol. The molecule has 0 aliphatic heterocycles. The Labute approximate surface area is 168 Å². The summed E-state index contributed by atoms with van der Waals surface area (Å²) >= 11 is 0. The number of benzene rings is 1. The third kappa shape index (κ3) is 11.3. The number of carbonyl (C=O) groups is 2. The first kappa shape index (κ1) is 23.6. The van der Waals surface area contributed by atoms with Crippen LogP contribution >= 0.6 is 0 Å². The van der Waals surface area contributed by atoms with E-state index in [-0.39, 0.29) is 18.4 Å². The number of hydrogen-bond acceptors (Lipinski definition) is 5. The van der Waals surface area contributed by atoms with Crippen molar-refractivity contribution in [3.8, 4) is 0 Å². The van der Waals surface area contributed by atoms with E-state index in [4.69, 9.17) is 9.47 Å². The number of ether oxygens (including phenoxy) is 2. The third-order valence-electron chi connectivity index (χ3n) is 4.28. The molecule has 1 aromatic carbocycles. The van der Waals surface area contributed by atoms with Crippen LogP contribution in [0.4, 0.5) is 0 Å². The lowest BCUT2D eigenvalue weighted by molar-refractivity contribution is -0.147. The van der Waals surface area contributed by atoms with E-state index in [1.54, 1.807) is 6.08 Å². The second kappa shape index (κ2) is 14.6. The van der Waals surface area contributed by atoms with Gasteiger partial charge < -0.3 is 14.6 Å². The SMILES string of the molecule is C=CC(O)CCCC(=O)OC(C=C)CCCC(=O)OCCCc1ccccc1. The molecule has 0 heterocycles. The molecular weight excluding hydrogens is 356 g/mol. The lowest BCUT2D eigenvalue weighted by atomic mass is 10.1. The van der Waals surface area contributed by atoms with Gasteiger partial charge in [0.25, 0.3) is 0 Å². The summed E-state index contributed by atoms with van der Waals surface area (Å²) < 4.78 is 10.6. The molecule has 0 amide bonds. The van der Waals surface area contributed by atoms with E-state index in [0.29, 0.717) is 38.7 Å². The number of hydrogen-bond donors (Lipinski definition) is 1. The molecule has 0 saturated carbocycles. The maximum absolute atomic E-state index is 11.8. The Morgan fingerprint density at radius 1 is 0.964 bits per heavy atom. The number of carbonyl (C=O) groups excluding carboxylic acids is 2. The molecule has 0 fully saturated rings. The standard InChI is InChI=1S/C23H32O5/c1-3-20(24)14-8-17-23(26)28-21(4-2)15-9-16-22(25)27-18-10-13-19-11-6-5-7-12-19/h3-7,11-12,20-21,24H,1-2,8-10,13-18H2. The largest absolute Gasteiger partial charge is 0.466 e. The predicted octanol–water partition coefficient (Wildman–Crippen LogP) is 4.15. The number of aliphatic hydroxyl groups excluding tert-OH is 1. The Balaban J connectivity index is 2.10. The van der Waals surface area contributed by atoms with Gasteiger partial charge in [0.2, 0.25) is 0 Å². The van der Waals surface area contributed by atoms with E-state index in [1.165, 1.54) is 11.6 Å². The van der Waals surface area contributed by atoms with Crippen LogP contribution in [0.1, 0.15) is 50.5 Å². The molecule has 1 rings (SSSR count). The zero-order chi connectivity index (χ0) is 20.6. The lowest BCUT2D eigenvalue weighted by Crippen LogP contribution is -2.17. The van der Waals surface area contributed by atoms with Gasteiger partial charge in [-0.25, -0.2) is 0 Å². The van der Waals surface area contributed by atoms with E-state index < -0.39 is 12.2 Å². The zero-order valence-corrected chi connectivity index (χ0v) is 16.6. The molecule has 0 radical (unpaired) electrons. The van der Waals surface area contributed by atoms with Crippen LogP contribution in [0.15, 0.2) is 55.6 Å². The fraction of sp³-hybridized carbons (Fsp3) is 0.478. The third-order valence-corrected chi connectivity index (χ3v) is 4.28. The first-order valence-electron chi connectivity index (χ1n) is 9.87. The maximum atomic E-state index is 11.8. The normalized spacial score (nSPS) is 12.6. The van der Waals surface area contributed by atoms with Crippen LogP contribution < -0.4 is 0 Å². The van der Waals surface area contributed by atoms with Gasteiger partial charge in [-0.3, -0.25) is 9.59 Å². The van der Waals surface area contributed by atoms with Crippen molar-refractivity contribution >= 4 is 11.9 Å². The molecule has 1 N–H and O–H groups in total. The van der Waals surface area contributed by atoms with Gasteiger partial charge >= 0.3 is 11.9 Å².